The van der Waals surface area contributed by atoms with E-state index < -0.39 is 5.95 Å². The van der Waals surface area contributed by atoms with Crippen LogP contribution in [0.3, 0.4) is 0 Å². The van der Waals surface area contributed by atoms with Crippen LogP contribution in [0.4, 0.5) is 10.1 Å². The lowest BCUT2D eigenvalue weighted by Crippen LogP contribution is -2.48. The molecule has 0 spiro atoms. The SMILES string of the molecule is Cc1cc(F)nc(C)c1C(=O)NCC[C@@H](C)N1CCC(N(Cc2cccnc2)c2ccc(Cl)cc2)CC1. The predicted octanol–water partition coefficient (Wildman–Crippen LogP) is 5.57. The van der Waals surface area contributed by atoms with Crippen LogP contribution < -0.4 is 10.2 Å². The third-order valence-corrected chi connectivity index (χ3v) is 7.49. The minimum absolute atomic E-state index is 0.192. The van der Waals surface area contributed by atoms with Gasteiger partial charge in [-0.1, -0.05) is 17.7 Å². The van der Waals surface area contributed by atoms with Crippen molar-refractivity contribution >= 4 is 23.2 Å². The average Bonchev–Trinajstić information content (AvgIpc) is 2.88. The average molecular weight is 524 g/mol. The lowest BCUT2D eigenvalue weighted by molar-refractivity contribution is 0.0943. The number of piperidine rings is 1. The van der Waals surface area contributed by atoms with Crippen molar-refractivity contribution in [2.24, 2.45) is 0 Å². The molecule has 1 aliphatic rings. The zero-order valence-electron chi connectivity index (χ0n) is 21.8. The maximum absolute atomic E-state index is 13.5. The van der Waals surface area contributed by atoms with E-state index in [2.05, 4.69) is 50.2 Å². The van der Waals surface area contributed by atoms with E-state index in [4.69, 9.17) is 11.6 Å². The molecule has 3 aromatic rings. The van der Waals surface area contributed by atoms with Crippen LogP contribution >= 0.6 is 11.6 Å². The minimum Gasteiger partial charge on any atom is -0.364 e. The molecule has 3 heterocycles. The predicted molar refractivity (Wildman–Crippen MR) is 147 cm³/mol. The van der Waals surface area contributed by atoms with E-state index in [0.29, 0.717) is 35.4 Å². The number of carbonyl (C=O) groups is 1. The highest BCUT2D eigenvalue weighted by Crippen LogP contribution is 2.28. The summed E-state index contributed by atoms with van der Waals surface area (Å²) in [7, 11) is 0. The number of halogens is 2. The Morgan fingerprint density at radius 3 is 2.59 bits per heavy atom. The molecular weight excluding hydrogens is 489 g/mol. The van der Waals surface area contributed by atoms with E-state index in [9.17, 15) is 9.18 Å². The van der Waals surface area contributed by atoms with Crippen LogP contribution in [0.5, 0.6) is 0 Å². The summed E-state index contributed by atoms with van der Waals surface area (Å²) < 4.78 is 13.5. The van der Waals surface area contributed by atoms with Gasteiger partial charge in [0, 0.05) is 61.4 Å². The van der Waals surface area contributed by atoms with Crippen LogP contribution in [0.1, 0.15) is 53.4 Å². The minimum atomic E-state index is -0.557. The van der Waals surface area contributed by atoms with Gasteiger partial charge in [0.2, 0.25) is 5.95 Å². The molecule has 2 aromatic heterocycles. The van der Waals surface area contributed by atoms with Crippen LogP contribution in [0, 0.1) is 19.8 Å². The van der Waals surface area contributed by atoms with Crippen molar-refractivity contribution in [2.75, 3.05) is 24.5 Å². The van der Waals surface area contributed by atoms with Gasteiger partial charge in [-0.3, -0.25) is 9.78 Å². The summed E-state index contributed by atoms with van der Waals surface area (Å²) in [5.41, 5.74) is 3.84. The molecule has 0 saturated carbocycles. The van der Waals surface area contributed by atoms with Gasteiger partial charge in [0.1, 0.15) is 0 Å². The molecule has 6 nitrogen and oxygen atoms in total. The summed E-state index contributed by atoms with van der Waals surface area (Å²) in [6, 6.07) is 14.2. The third kappa shape index (κ3) is 7.05. The zero-order valence-corrected chi connectivity index (χ0v) is 22.5. The van der Waals surface area contributed by atoms with Gasteiger partial charge in [-0.05, 0) is 87.6 Å². The first-order valence-corrected chi connectivity index (χ1v) is 13.3. The Kier molecular flexibility index (Phi) is 9.11. The molecule has 37 heavy (non-hydrogen) atoms. The molecule has 0 aliphatic carbocycles. The van der Waals surface area contributed by atoms with Gasteiger partial charge >= 0.3 is 0 Å². The van der Waals surface area contributed by atoms with Crippen LogP contribution in [0.25, 0.3) is 0 Å². The normalized spacial score (nSPS) is 15.4. The molecule has 1 fully saturated rings. The quantitative estimate of drug-likeness (QED) is 0.372. The number of carbonyl (C=O) groups excluding carboxylic acids is 1. The standard InChI is InChI=1S/C29H35ClFN5O/c1-20-17-27(31)34-22(3)28(20)29(37)33-14-10-21(2)35-15-11-26(12-16-35)36(19-23-5-4-13-32-18-23)25-8-6-24(30)7-9-25/h4-9,13,17-18,21,26H,10-12,14-16,19H2,1-3H3,(H,33,37)/t21-/m1/s1. The fourth-order valence-electron chi connectivity index (χ4n) is 5.18. The van der Waals surface area contributed by atoms with E-state index in [1.807, 2.05) is 24.4 Å². The van der Waals surface area contributed by atoms with Crippen LogP contribution in [0.2, 0.25) is 5.02 Å². The number of aryl methyl sites for hydroxylation is 2. The molecular formula is C29H35ClFN5O. The first-order valence-electron chi connectivity index (χ1n) is 12.9. The fraction of sp³-hybridized carbons (Fsp3) is 0.414. The molecule has 0 bridgehead atoms. The third-order valence-electron chi connectivity index (χ3n) is 7.24. The molecule has 8 heteroatoms. The summed E-state index contributed by atoms with van der Waals surface area (Å²) in [5, 5.41) is 3.74. The molecule has 1 N–H and O–H groups in total. The van der Waals surface area contributed by atoms with E-state index >= 15 is 0 Å². The second-order valence-corrected chi connectivity index (χ2v) is 10.3. The first-order chi connectivity index (χ1) is 17.8. The van der Waals surface area contributed by atoms with Crippen molar-refractivity contribution in [3.8, 4) is 0 Å². The zero-order chi connectivity index (χ0) is 26.4. The topological polar surface area (TPSA) is 61.4 Å². The van der Waals surface area contributed by atoms with Gasteiger partial charge in [-0.15, -0.1) is 0 Å². The Morgan fingerprint density at radius 2 is 1.95 bits per heavy atom. The summed E-state index contributed by atoms with van der Waals surface area (Å²) in [6.45, 7) is 8.98. The van der Waals surface area contributed by atoms with Gasteiger partial charge in [0.05, 0.1) is 11.3 Å². The molecule has 1 aliphatic heterocycles. The Bertz CT molecular complexity index is 1160. The number of nitrogens with one attached hydrogen (secondary N) is 1. The van der Waals surface area contributed by atoms with Crippen LogP contribution in [-0.4, -0.2) is 52.5 Å². The van der Waals surface area contributed by atoms with E-state index in [0.717, 1.165) is 43.9 Å². The van der Waals surface area contributed by atoms with Gasteiger partial charge in [0.15, 0.2) is 0 Å². The summed E-state index contributed by atoms with van der Waals surface area (Å²) >= 11 is 6.15. The molecule has 1 saturated heterocycles. The number of benzene rings is 1. The second-order valence-electron chi connectivity index (χ2n) is 9.85. The van der Waals surface area contributed by atoms with Gasteiger partial charge in [0.25, 0.3) is 5.91 Å². The number of nitrogens with zero attached hydrogens (tertiary/aromatic N) is 4. The molecule has 0 unspecified atom stereocenters. The lowest BCUT2D eigenvalue weighted by atomic mass is 9.99. The monoisotopic (exact) mass is 523 g/mol. The number of pyridine rings is 2. The van der Waals surface area contributed by atoms with Crippen molar-refractivity contribution in [3.05, 3.63) is 88.2 Å². The molecule has 1 aromatic carbocycles. The Morgan fingerprint density at radius 1 is 1.22 bits per heavy atom. The van der Waals surface area contributed by atoms with Gasteiger partial charge < -0.3 is 15.1 Å². The maximum atomic E-state index is 13.5. The lowest BCUT2D eigenvalue weighted by Gasteiger charge is -2.42. The number of likely N-dealkylation sites (tertiary alicyclic amines) is 1. The summed E-state index contributed by atoms with van der Waals surface area (Å²) in [6.07, 6.45) is 6.69. The molecule has 196 valence electrons. The molecule has 1 atom stereocenters. The van der Waals surface area contributed by atoms with E-state index in [1.165, 1.54) is 17.3 Å². The maximum Gasteiger partial charge on any atom is 0.253 e. The number of hydrogen-bond acceptors (Lipinski definition) is 5. The highest BCUT2D eigenvalue weighted by atomic mass is 35.5. The highest BCUT2D eigenvalue weighted by Gasteiger charge is 2.27. The number of aromatic nitrogens is 2. The fourth-order valence-corrected chi connectivity index (χ4v) is 5.31. The molecule has 0 radical (unpaired) electrons. The van der Waals surface area contributed by atoms with Crippen molar-refractivity contribution in [1.29, 1.82) is 0 Å². The van der Waals surface area contributed by atoms with Crippen molar-refractivity contribution < 1.29 is 9.18 Å². The van der Waals surface area contributed by atoms with Crippen molar-refractivity contribution in [2.45, 2.75) is 58.7 Å². The molecule has 4 rings (SSSR count). The first kappa shape index (κ1) is 27.0. The summed E-state index contributed by atoms with van der Waals surface area (Å²) in [4.78, 5) is 25.7. The number of anilines is 1. The number of amides is 1. The Hall–Kier alpha value is -3.03. The summed E-state index contributed by atoms with van der Waals surface area (Å²) in [5.74, 6) is -0.749. The second kappa shape index (κ2) is 12.5. The Balaban J connectivity index is 1.31. The van der Waals surface area contributed by atoms with Crippen LogP contribution in [-0.2, 0) is 6.54 Å². The van der Waals surface area contributed by atoms with Crippen molar-refractivity contribution in [1.82, 2.24) is 20.2 Å². The molecule has 1 amide bonds. The van der Waals surface area contributed by atoms with E-state index in [1.54, 1.807) is 20.0 Å². The number of hydrogen-bond donors (Lipinski definition) is 1. The largest absolute Gasteiger partial charge is 0.364 e. The van der Waals surface area contributed by atoms with Crippen LogP contribution in [0.15, 0.2) is 54.9 Å². The smallest absolute Gasteiger partial charge is 0.253 e. The van der Waals surface area contributed by atoms with Crippen molar-refractivity contribution in [3.63, 3.8) is 0 Å². The highest BCUT2D eigenvalue weighted by molar-refractivity contribution is 6.30. The van der Waals surface area contributed by atoms with E-state index in [-0.39, 0.29) is 5.91 Å². The number of rotatable bonds is 9. The Labute approximate surface area is 223 Å². The van der Waals surface area contributed by atoms with Gasteiger partial charge in [-0.25, -0.2) is 4.98 Å². The van der Waals surface area contributed by atoms with Gasteiger partial charge in [-0.2, -0.15) is 4.39 Å².